The van der Waals surface area contributed by atoms with Gasteiger partial charge in [0.15, 0.2) is 0 Å². The van der Waals surface area contributed by atoms with E-state index in [4.69, 9.17) is 0 Å². The van der Waals surface area contributed by atoms with E-state index in [2.05, 4.69) is 10.6 Å². The van der Waals surface area contributed by atoms with Crippen molar-refractivity contribution in [2.75, 3.05) is 13.1 Å². The van der Waals surface area contributed by atoms with Crippen LogP contribution in [0.1, 0.15) is 20.7 Å². The Balaban J connectivity index is 1.48. The van der Waals surface area contributed by atoms with E-state index in [0.29, 0.717) is 5.56 Å². The zero-order valence-corrected chi connectivity index (χ0v) is 14.6. The maximum Gasteiger partial charge on any atom is 0.254 e. The monoisotopic (exact) mass is 362 g/mol. The van der Waals surface area contributed by atoms with Crippen LogP contribution in [0.5, 0.6) is 0 Å². The Morgan fingerprint density at radius 3 is 1.89 bits per heavy atom. The minimum absolute atomic E-state index is 0.0136. The average Bonchev–Trinajstić information content (AvgIpc) is 2.72. The summed E-state index contributed by atoms with van der Waals surface area (Å²) >= 11 is 0. The molecule has 0 aromatic heterocycles. The van der Waals surface area contributed by atoms with Crippen LogP contribution in [0.15, 0.2) is 78.9 Å². The molecular weight excluding hydrogens is 343 g/mol. The molecule has 3 aromatic carbocycles. The highest BCUT2D eigenvalue weighted by atomic mass is 19.1. The molecule has 0 spiro atoms. The number of benzene rings is 3. The quantitative estimate of drug-likeness (QED) is 0.658. The van der Waals surface area contributed by atoms with Gasteiger partial charge in [0.2, 0.25) is 0 Å². The Bertz CT molecular complexity index is 925. The first-order chi connectivity index (χ1) is 13.1. The van der Waals surface area contributed by atoms with Crippen molar-refractivity contribution in [2.45, 2.75) is 0 Å². The zero-order chi connectivity index (χ0) is 19.1. The highest BCUT2D eigenvalue weighted by Gasteiger charge is 2.10. The molecule has 3 rings (SSSR count). The summed E-state index contributed by atoms with van der Waals surface area (Å²) in [4.78, 5) is 24.1. The maximum absolute atomic E-state index is 13.5. The third-order valence-electron chi connectivity index (χ3n) is 4.07. The molecule has 4 nitrogen and oxygen atoms in total. The molecule has 5 heteroatoms. The SMILES string of the molecule is O=C(NCCNC(=O)c1ccccc1F)c1ccc(-c2ccccc2)cc1. The number of amides is 2. The molecule has 3 aromatic rings. The molecular formula is C22H19FN2O2. The van der Waals surface area contributed by atoms with Gasteiger partial charge in [-0.1, -0.05) is 54.6 Å². The van der Waals surface area contributed by atoms with Crippen LogP contribution in [0, 0.1) is 5.82 Å². The molecule has 27 heavy (non-hydrogen) atoms. The summed E-state index contributed by atoms with van der Waals surface area (Å²) in [5, 5.41) is 5.32. The third kappa shape index (κ3) is 4.79. The van der Waals surface area contributed by atoms with Crippen molar-refractivity contribution < 1.29 is 14.0 Å². The molecule has 0 aliphatic rings. The van der Waals surface area contributed by atoms with Gasteiger partial charge in [-0.3, -0.25) is 9.59 Å². The Kier molecular flexibility index (Phi) is 5.94. The fourth-order valence-corrected chi connectivity index (χ4v) is 2.64. The molecule has 0 atom stereocenters. The smallest absolute Gasteiger partial charge is 0.254 e. The van der Waals surface area contributed by atoms with E-state index in [0.717, 1.165) is 11.1 Å². The lowest BCUT2D eigenvalue weighted by atomic mass is 10.0. The largest absolute Gasteiger partial charge is 0.350 e. The number of carbonyl (C=O) groups is 2. The van der Waals surface area contributed by atoms with Gasteiger partial charge < -0.3 is 10.6 Å². The minimum atomic E-state index is -0.572. The van der Waals surface area contributed by atoms with Gasteiger partial charge >= 0.3 is 0 Å². The van der Waals surface area contributed by atoms with Crippen molar-refractivity contribution >= 4 is 11.8 Å². The van der Waals surface area contributed by atoms with Crippen molar-refractivity contribution in [3.8, 4) is 11.1 Å². The summed E-state index contributed by atoms with van der Waals surface area (Å²) in [6, 6.07) is 23.0. The molecule has 136 valence electrons. The lowest BCUT2D eigenvalue weighted by Gasteiger charge is -2.08. The Labute approximate surface area is 157 Å². The molecule has 0 saturated carbocycles. The van der Waals surface area contributed by atoms with Crippen molar-refractivity contribution in [3.05, 3.63) is 95.8 Å². The summed E-state index contributed by atoms with van der Waals surface area (Å²) in [5.74, 6) is -1.30. The molecule has 0 bridgehead atoms. The predicted molar refractivity (Wildman–Crippen MR) is 103 cm³/mol. The van der Waals surface area contributed by atoms with Crippen LogP contribution in [0.25, 0.3) is 11.1 Å². The summed E-state index contributed by atoms with van der Waals surface area (Å²) < 4.78 is 13.5. The standard InChI is InChI=1S/C22H19FN2O2/c23-20-9-5-4-8-19(20)22(27)25-15-14-24-21(26)18-12-10-17(11-13-18)16-6-2-1-3-7-16/h1-13H,14-15H2,(H,24,26)(H,25,27). The Hall–Kier alpha value is -3.47. The summed E-state index contributed by atoms with van der Waals surface area (Å²) in [6.45, 7) is 0.459. The van der Waals surface area contributed by atoms with Gasteiger partial charge in [0.1, 0.15) is 5.82 Å². The molecule has 0 unspecified atom stereocenters. The maximum atomic E-state index is 13.5. The van der Waals surface area contributed by atoms with Gasteiger partial charge in [-0.25, -0.2) is 4.39 Å². The van der Waals surface area contributed by atoms with Gasteiger partial charge in [-0.15, -0.1) is 0 Å². The van der Waals surface area contributed by atoms with Crippen molar-refractivity contribution in [1.29, 1.82) is 0 Å². The number of rotatable bonds is 6. The van der Waals surface area contributed by atoms with Crippen LogP contribution < -0.4 is 10.6 Å². The Morgan fingerprint density at radius 1 is 0.667 bits per heavy atom. The first-order valence-electron chi connectivity index (χ1n) is 8.61. The molecule has 0 saturated heterocycles. The van der Waals surface area contributed by atoms with Gasteiger partial charge in [-0.2, -0.15) is 0 Å². The fourth-order valence-electron chi connectivity index (χ4n) is 2.64. The fraction of sp³-hybridized carbons (Fsp3) is 0.0909. The summed E-state index contributed by atoms with van der Waals surface area (Å²) in [5.41, 5.74) is 2.64. The lowest BCUT2D eigenvalue weighted by molar-refractivity contribution is 0.0925. The molecule has 0 fully saturated rings. The van der Waals surface area contributed by atoms with Crippen LogP contribution in [0.2, 0.25) is 0 Å². The molecule has 0 heterocycles. The zero-order valence-electron chi connectivity index (χ0n) is 14.6. The molecule has 0 aliphatic heterocycles. The van der Waals surface area contributed by atoms with Crippen LogP contribution >= 0.6 is 0 Å². The van der Waals surface area contributed by atoms with E-state index in [9.17, 15) is 14.0 Å². The normalized spacial score (nSPS) is 10.3. The minimum Gasteiger partial charge on any atom is -0.350 e. The van der Waals surface area contributed by atoms with E-state index < -0.39 is 11.7 Å². The number of halogens is 1. The van der Waals surface area contributed by atoms with Crippen molar-refractivity contribution in [1.82, 2.24) is 10.6 Å². The number of hydrogen-bond acceptors (Lipinski definition) is 2. The van der Waals surface area contributed by atoms with Gasteiger partial charge in [0.25, 0.3) is 11.8 Å². The number of nitrogens with one attached hydrogen (secondary N) is 2. The summed E-state index contributed by atoms with van der Waals surface area (Å²) in [6.07, 6.45) is 0. The second-order valence-corrected chi connectivity index (χ2v) is 5.94. The first kappa shape index (κ1) is 18.3. The van der Waals surface area contributed by atoms with Gasteiger partial charge in [0, 0.05) is 18.7 Å². The van der Waals surface area contributed by atoms with Crippen molar-refractivity contribution in [2.24, 2.45) is 0 Å². The second kappa shape index (κ2) is 8.76. The number of hydrogen-bond donors (Lipinski definition) is 2. The van der Waals surface area contributed by atoms with Crippen molar-refractivity contribution in [3.63, 3.8) is 0 Å². The molecule has 0 aliphatic carbocycles. The van der Waals surface area contributed by atoms with Gasteiger partial charge in [-0.05, 0) is 35.4 Å². The topological polar surface area (TPSA) is 58.2 Å². The van der Waals surface area contributed by atoms with E-state index in [-0.39, 0.29) is 24.6 Å². The number of carbonyl (C=O) groups excluding carboxylic acids is 2. The summed E-state index contributed by atoms with van der Waals surface area (Å²) in [7, 11) is 0. The molecule has 0 radical (unpaired) electrons. The third-order valence-corrected chi connectivity index (χ3v) is 4.07. The van der Waals surface area contributed by atoms with Gasteiger partial charge in [0.05, 0.1) is 5.56 Å². The van der Waals surface area contributed by atoms with E-state index in [1.54, 1.807) is 18.2 Å². The van der Waals surface area contributed by atoms with E-state index in [1.165, 1.54) is 18.2 Å². The lowest BCUT2D eigenvalue weighted by Crippen LogP contribution is -2.35. The predicted octanol–water partition coefficient (Wildman–Crippen LogP) is 3.65. The van der Waals surface area contributed by atoms with Crippen LogP contribution in [0.4, 0.5) is 4.39 Å². The molecule has 2 N–H and O–H groups in total. The average molecular weight is 362 g/mol. The molecule has 2 amide bonds. The highest BCUT2D eigenvalue weighted by Crippen LogP contribution is 2.19. The van der Waals surface area contributed by atoms with Crippen LogP contribution in [0.3, 0.4) is 0 Å². The van der Waals surface area contributed by atoms with E-state index >= 15 is 0 Å². The van der Waals surface area contributed by atoms with Crippen LogP contribution in [-0.4, -0.2) is 24.9 Å². The highest BCUT2D eigenvalue weighted by molar-refractivity contribution is 5.95. The van der Waals surface area contributed by atoms with E-state index in [1.807, 2.05) is 42.5 Å². The first-order valence-corrected chi connectivity index (χ1v) is 8.61. The van der Waals surface area contributed by atoms with Crippen LogP contribution in [-0.2, 0) is 0 Å². The Morgan fingerprint density at radius 2 is 1.22 bits per heavy atom. The second-order valence-electron chi connectivity index (χ2n) is 5.94.